The first-order valence-corrected chi connectivity index (χ1v) is 48.6. The Morgan fingerprint density at radius 3 is 0.773 bits per heavy atom. The lowest BCUT2D eigenvalue weighted by Crippen LogP contribution is -2.23. The number of rotatable bonds is 33. The number of ether oxygens (including phenoxy) is 8. The minimum atomic E-state index is -0.386. The number of methoxy groups -OCH3 is 4. The van der Waals surface area contributed by atoms with E-state index in [0.29, 0.717) is 109 Å². The average Bonchev–Trinajstić information content (AvgIpc) is 1.57. The van der Waals surface area contributed by atoms with E-state index in [4.69, 9.17) is 37.9 Å². The van der Waals surface area contributed by atoms with E-state index in [9.17, 15) is 36.7 Å². The highest BCUT2D eigenvalue weighted by molar-refractivity contribution is 5.82. The first-order valence-electron chi connectivity index (χ1n) is 48.6. The summed E-state index contributed by atoms with van der Waals surface area (Å²) in [4.78, 5) is 46.9. The molecule has 0 N–H and O–H groups in total. The highest BCUT2D eigenvalue weighted by Gasteiger charge is 2.34. The number of benzene rings is 12. The largest absolute Gasteiger partial charge is 0.497 e. The third-order valence-electron chi connectivity index (χ3n) is 25.0. The lowest BCUT2D eigenvalue weighted by atomic mass is 9.81. The van der Waals surface area contributed by atoms with Crippen molar-refractivity contribution in [3.8, 4) is 114 Å². The van der Waals surface area contributed by atoms with Crippen LogP contribution in [0.1, 0.15) is 268 Å². The van der Waals surface area contributed by atoms with Crippen LogP contribution in [0.5, 0.6) is 46.0 Å². The maximum Gasteiger partial charge on any atom is 0.135 e. The number of Topliss-reactive ketones (excluding diaryl/α,β-unsaturated/α-hetero) is 4. The molecular weight excluding hydrogens is 1770 g/mol. The summed E-state index contributed by atoms with van der Waals surface area (Å²) in [5.74, 6) is 18.2. The van der Waals surface area contributed by atoms with Gasteiger partial charge in [-0.05, 0) is 315 Å². The predicted octanol–water partition coefficient (Wildman–Crippen LogP) is 31.1. The van der Waals surface area contributed by atoms with Gasteiger partial charge < -0.3 is 42.7 Å². The standard InChI is InChI=1S/2C32H35FO3.C31H35FO3.C30H35FO3/c2*1-7-8-9-25(18-22(2)34)24-11-13-26(14-12-24)36-21-23-10-16-30(32(3,4)5)28(19-23)29-20-27(35-6)15-17-31(29)33;1-20(33)16-26(22-7-8-22)23-9-11-24(12-10-23)35-19-21-6-14-29(31(2,3)4)27(17-21)28-18-25(34-5)13-15-30(28)32;1-20(32)30(5,6)18-21-8-11-23(12-9-21)34-19-22-10-14-27(29(2,3)4)25(16-22)26-17-24(33-7)13-15-28(26)31/h2*10-17,19-20,25H,7,18,21H2,1-6H3;6,9-15,17-18,22,26H,7-8,16,19H2,1-5H3;8-17H,18-19H2,1-7H3/t2*25-;26-;/m101./s1. The molecule has 740 valence electrons. The van der Waals surface area contributed by atoms with Gasteiger partial charge in [-0.3, -0.25) is 14.4 Å². The Morgan fingerprint density at radius 1 is 0.305 bits per heavy atom. The monoisotopic (exact) mass is 1910 g/mol. The van der Waals surface area contributed by atoms with Crippen molar-refractivity contribution in [2.75, 3.05) is 28.4 Å². The molecule has 141 heavy (non-hydrogen) atoms. The van der Waals surface area contributed by atoms with E-state index in [0.717, 1.165) is 119 Å². The van der Waals surface area contributed by atoms with E-state index >= 15 is 0 Å². The fourth-order valence-electron chi connectivity index (χ4n) is 16.9. The molecule has 1 aliphatic carbocycles. The lowest BCUT2D eigenvalue weighted by Gasteiger charge is -2.24. The summed E-state index contributed by atoms with van der Waals surface area (Å²) in [6.07, 6.45) is 6.01. The molecule has 0 saturated heterocycles. The molecular formula is C125H140F4O12. The number of ketones is 4. The molecule has 1 aliphatic rings. The predicted molar refractivity (Wildman–Crippen MR) is 563 cm³/mol. The molecule has 13 rings (SSSR count). The van der Waals surface area contributed by atoms with E-state index in [1.165, 1.54) is 42.7 Å². The highest BCUT2D eigenvalue weighted by atomic mass is 19.1. The van der Waals surface area contributed by atoms with Gasteiger partial charge in [0, 0.05) is 59.8 Å². The second-order valence-electron chi connectivity index (χ2n) is 41.1. The van der Waals surface area contributed by atoms with Crippen LogP contribution in [0.3, 0.4) is 0 Å². The summed E-state index contributed by atoms with van der Waals surface area (Å²) >= 11 is 0. The van der Waals surface area contributed by atoms with Crippen molar-refractivity contribution in [3.63, 3.8) is 0 Å². The van der Waals surface area contributed by atoms with E-state index in [1.807, 2.05) is 161 Å². The van der Waals surface area contributed by atoms with Crippen LogP contribution in [0.25, 0.3) is 44.5 Å². The average molecular weight is 1910 g/mol. The number of hydrogen-bond donors (Lipinski definition) is 0. The Morgan fingerprint density at radius 2 is 0.546 bits per heavy atom. The Labute approximate surface area is 835 Å². The van der Waals surface area contributed by atoms with Crippen LogP contribution >= 0.6 is 0 Å². The zero-order chi connectivity index (χ0) is 103. The van der Waals surface area contributed by atoms with Crippen molar-refractivity contribution >= 4 is 23.1 Å². The quantitative estimate of drug-likeness (QED) is 0.0285. The summed E-state index contributed by atoms with van der Waals surface area (Å²) in [6, 6.07) is 75.1. The molecule has 12 aromatic rings. The normalized spacial score (nSPS) is 12.5. The van der Waals surface area contributed by atoms with E-state index in [1.54, 1.807) is 105 Å². The summed E-state index contributed by atoms with van der Waals surface area (Å²) < 4.78 is 105. The second-order valence-corrected chi connectivity index (χ2v) is 41.1. The molecule has 0 heterocycles. The highest BCUT2D eigenvalue weighted by Crippen LogP contribution is 2.47. The van der Waals surface area contributed by atoms with E-state index < -0.39 is 0 Å². The van der Waals surface area contributed by atoms with Crippen LogP contribution in [0, 0.1) is 58.3 Å². The molecule has 1 fully saturated rings. The van der Waals surface area contributed by atoms with E-state index in [-0.39, 0.29) is 85.3 Å². The Kier molecular flexibility index (Phi) is 38.5. The number of hydrogen-bond acceptors (Lipinski definition) is 12. The third-order valence-corrected chi connectivity index (χ3v) is 25.0. The van der Waals surface area contributed by atoms with Crippen molar-refractivity contribution < 1.29 is 74.6 Å². The molecule has 0 radical (unpaired) electrons. The summed E-state index contributed by atoms with van der Waals surface area (Å²) in [6.45, 7) is 41.3. The Bertz CT molecular complexity index is 6210. The van der Waals surface area contributed by atoms with Gasteiger partial charge >= 0.3 is 0 Å². The minimum absolute atomic E-state index is 0.109. The molecule has 0 spiro atoms. The molecule has 3 atom stereocenters. The van der Waals surface area contributed by atoms with Crippen LogP contribution in [0.4, 0.5) is 17.6 Å². The zero-order valence-corrected chi connectivity index (χ0v) is 86.8. The SMILES string of the molecule is CCC#C[C@@H](CC(C)=O)c1ccc(OCc2ccc(C(C)(C)C)c(-c3cc(OC)ccc3F)c2)cc1.CCC#C[C@H](CC(C)=O)c1ccc(OCc2ccc(C(C)(C)C)c(-c3cc(OC)ccc3F)c2)cc1.COc1ccc(F)c(-c2cc(COc3ccc(CC(C)(C)C(C)=O)cc3)ccc2C(C)(C)C)c1.COc1ccc(F)c(-c2cc(COc3ccc([C@H](CC(C)=O)C4CC4)cc3)ccc2C(C)(C)C)c1. The van der Waals surface area contributed by atoms with Gasteiger partial charge in [0.25, 0.3) is 0 Å². The van der Waals surface area contributed by atoms with E-state index in [2.05, 4.69) is 143 Å². The van der Waals surface area contributed by atoms with Gasteiger partial charge in [-0.1, -0.05) is 220 Å². The second kappa shape index (κ2) is 49.6. The van der Waals surface area contributed by atoms with Gasteiger partial charge in [-0.2, -0.15) is 0 Å². The summed E-state index contributed by atoms with van der Waals surface area (Å²) in [5, 5.41) is 0. The molecule has 12 nitrogen and oxygen atoms in total. The van der Waals surface area contributed by atoms with Gasteiger partial charge in [-0.25, -0.2) is 17.6 Å². The van der Waals surface area contributed by atoms with Gasteiger partial charge in [0.15, 0.2) is 0 Å². The van der Waals surface area contributed by atoms with Gasteiger partial charge in [-0.15, -0.1) is 11.8 Å². The van der Waals surface area contributed by atoms with Crippen molar-refractivity contribution in [3.05, 3.63) is 333 Å². The third kappa shape index (κ3) is 31.8. The molecule has 16 heteroatoms. The molecule has 0 aromatic heterocycles. The maximum atomic E-state index is 14.9. The van der Waals surface area contributed by atoms with Crippen molar-refractivity contribution in [2.24, 2.45) is 11.3 Å². The Balaban J connectivity index is 0.000000193. The first-order chi connectivity index (χ1) is 66.8. The smallest absolute Gasteiger partial charge is 0.135 e. The fraction of sp³-hybridized carbons (Fsp3) is 0.360. The Hall–Kier alpha value is -13.4. The molecule has 0 unspecified atom stereocenters. The summed E-state index contributed by atoms with van der Waals surface area (Å²) in [5.41, 5.74) is 16.7. The maximum absolute atomic E-state index is 14.9. The molecule has 1 saturated carbocycles. The molecule has 0 amide bonds. The fourth-order valence-corrected chi connectivity index (χ4v) is 16.9. The van der Waals surface area contributed by atoms with Crippen LogP contribution < -0.4 is 37.9 Å². The molecule has 12 aromatic carbocycles. The van der Waals surface area contributed by atoms with Crippen molar-refractivity contribution in [2.45, 2.75) is 256 Å². The zero-order valence-electron chi connectivity index (χ0n) is 86.8. The van der Waals surface area contributed by atoms with Crippen LogP contribution in [-0.2, 0) is 73.7 Å². The van der Waals surface area contributed by atoms with Gasteiger partial charge in [0.2, 0.25) is 0 Å². The van der Waals surface area contributed by atoms with Crippen LogP contribution in [0.15, 0.2) is 243 Å². The van der Waals surface area contributed by atoms with Crippen molar-refractivity contribution in [1.82, 2.24) is 0 Å². The summed E-state index contributed by atoms with van der Waals surface area (Å²) in [7, 11) is 6.33. The lowest BCUT2D eigenvalue weighted by molar-refractivity contribution is -0.125. The number of halogens is 4. The van der Waals surface area contributed by atoms with Gasteiger partial charge in [0.1, 0.15) is 119 Å². The van der Waals surface area contributed by atoms with Crippen LogP contribution in [0.2, 0.25) is 0 Å². The van der Waals surface area contributed by atoms with Crippen molar-refractivity contribution in [1.29, 1.82) is 0 Å². The first kappa shape index (κ1) is 110. The number of carbonyl (C=O) groups is 4. The van der Waals surface area contributed by atoms with Gasteiger partial charge in [0.05, 0.1) is 40.3 Å². The molecule has 0 aliphatic heterocycles. The van der Waals surface area contributed by atoms with Crippen LogP contribution in [-0.4, -0.2) is 51.6 Å². The molecule has 0 bridgehead atoms. The minimum Gasteiger partial charge on any atom is -0.497 e. The number of carbonyl (C=O) groups excluding carboxylic acids is 4. The topological polar surface area (TPSA) is 142 Å².